The van der Waals surface area contributed by atoms with E-state index in [9.17, 15) is 0 Å². The number of hydrogen-bond donors (Lipinski definition) is 0. The van der Waals surface area contributed by atoms with E-state index in [2.05, 4.69) is 9.97 Å². The van der Waals surface area contributed by atoms with Crippen LogP contribution in [0.4, 0.5) is 0 Å². The van der Waals surface area contributed by atoms with Gasteiger partial charge in [-0.1, -0.05) is 0 Å². The average molecular weight is 276 g/mol. The lowest BCUT2D eigenvalue weighted by Crippen LogP contribution is -1.97. The maximum absolute atomic E-state index is 5.57. The summed E-state index contributed by atoms with van der Waals surface area (Å²) in [5, 5.41) is 0. The smallest absolute Gasteiger partial charge is 0.328 e. The Morgan fingerprint density at radius 2 is 1.65 bits per heavy atom. The predicted octanol–water partition coefficient (Wildman–Crippen LogP) is 2.01. The highest BCUT2D eigenvalue weighted by atomic mass is 16.7. The summed E-state index contributed by atoms with van der Waals surface area (Å²) in [5.41, 5.74) is 0. The van der Waals surface area contributed by atoms with Gasteiger partial charge in [-0.05, 0) is 12.1 Å². The molecule has 0 saturated heterocycles. The molecule has 2 aromatic rings. The summed E-state index contributed by atoms with van der Waals surface area (Å²) in [6, 6.07) is 6.89. The molecule has 0 unspecified atom stereocenters. The van der Waals surface area contributed by atoms with Gasteiger partial charge in [0.15, 0.2) is 11.5 Å². The van der Waals surface area contributed by atoms with Gasteiger partial charge in [0.05, 0.1) is 20.3 Å². The van der Waals surface area contributed by atoms with Gasteiger partial charge in [-0.25, -0.2) is 0 Å². The quantitative estimate of drug-likeness (QED) is 0.845. The summed E-state index contributed by atoms with van der Waals surface area (Å²) >= 11 is 0. The normalized spacial score (nSPS) is 12.1. The Bertz CT molecular complexity index is 610. The fourth-order valence-corrected chi connectivity index (χ4v) is 1.68. The lowest BCUT2D eigenvalue weighted by atomic mass is 10.3. The third-order valence-electron chi connectivity index (χ3n) is 2.63. The molecule has 0 amide bonds. The maximum atomic E-state index is 5.57. The van der Waals surface area contributed by atoms with Crippen LogP contribution in [-0.4, -0.2) is 31.0 Å². The standard InChI is InChI=1S/C13H12N2O5/c1-16-11-6-12(17-2)15-13(14-11)20-8-3-4-9-10(5-8)19-7-18-9/h3-6H,7H2,1-2H3. The predicted molar refractivity (Wildman–Crippen MR) is 67.8 cm³/mol. The van der Waals surface area contributed by atoms with Crippen LogP contribution in [0.1, 0.15) is 0 Å². The number of methoxy groups -OCH3 is 2. The highest BCUT2D eigenvalue weighted by Gasteiger charge is 2.15. The van der Waals surface area contributed by atoms with E-state index in [1.54, 1.807) is 24.3 Å². The molecular weight excluding hydrogens is 264 g/mol. The summed E-state index contributed by atoms with van der Waals surface area (Å²) < 4.78 is 26.2. The van der Waals surface area contributed by atoms with Gasteiger partial charge in [-0.2, -0.15) is 9.97 Å². The number of hydrogen-bond acceptors (Lipinski definition) is 7. The second-order valence-corrected chi connectivity index (χ2v) is 3.85. The zero-order valence-electron chi connectivity index (χ0n) is 11.0. The first-order chi connectivity index (χ1) is 9.78. The van der Waals surface area contributed by atoms with Crippen molar-refractivity contribution in [2.45, 2.75) is 0 Å². The van der Waals surface area contributed by atoms with Gasteiger partial charge in [0, 0.05) is 6.07 Å². The number of benzene rings is 1. The van der Waals surface area contributed by atoms with Crippen molar-refractivity contribution < 1.29 is 23.7 Å². The summed E-state index contributed by atoms with van der Waals surface area (Å²) in [5.74, 6) is 2.54. The molecule has 3 rings (SSSR count). The Hall–Kier alpha value is -2.70. The van der Waals surface area contributed by atoms with Crippen molar-refractivity contribution in [3.63, 3.8) is 0 Å². The third kappa shape index (κ3) is 2.37. The molecule has 0 bridgehead atoms. The van der Waals surface area contributed by atoms with Crippen LogP contribution in [0.2, 0.25) is 0 Å². The van der Waals surface area contributed by atoms with Gasteiger partial charge < -0.3 is 23.7 Å². The first kappa shape index (κ1) is 12.3. The molecule has 0 fully saturated rings. The molecule has 1 aromatic carbocycles. The first-order valence-corrected chi connectivity index (χ1v) is 5.83. The van der Waals surface area contributed by atoms with Crippen molar-refractivity contribution in [1.82, 2.24) is 9.97 Å². The Kier molecular flexibility index (Phi) is 3.16. The van der Waals surface area contributed by atoms with Crippen molar-refractivity contribution in [2.24, 2.45) is 0 Å². The topological polar surface area (TPSA) is 71.9 Å². The molecule has 0 N–H and O–H groups in total. The van der Waals surface area contributed by atoms with E-state index < -0.39 is 0 Å². The highest BCUT2D eigenvalue weighted by Crippen LogP contribution is 2.36. The van der Waals surface area contributed by atoms with Crippen LogP contribution in [0.3, 0.4) is 0 Å². The molecular formula is C13H12N2O5. The Balaban J connectivity index is 1.87. The number of fused-ring (bicyclic) bond motifs is 1. The second-order valence-electron chi connectivity index (χ2n) is 3.85. The van der Waals surface area contributed by atoms with Crippen LogP contribution < -0.4 is 23.7 Å². The molecule has 0 spiro atoms. The fraction of sp³-hybridized carbons (Fsp3) is 0.231. The lowest BCUT2D eigenvalue weighted by Gasteiger charge is -2.07. The molecule has 0 radical (unpaired) electrons. The van der Waals surface area contributed by atoms with E-state index in [1.807, 2.05) is 0 Å². The molecule has 1 aliphatic rings. The largest absolute Gasteiger partial charge is 0.481 e. The number of aromatic nitrogens is 2. The molecule has 0 saturated carbocycles. The number of ether oxygens (including phenoxy) is 5. The fourth-order valence-electron chi connectivity index (χ4n) is 1.68. The molecule has 1 aromatic heterocycles. The summed E-state index contributed by atoms with van der Waals surface area (Å²) in [6.45, 7) is 0.211. The molecule has 2 heterocycles. The van der Waals surface area contributed by atoms with Crippen LogP contribution in [-0.2, 0) is 0 Å². The summed E-state index contributed by atoms with van der Waals surface area (Å²) in [4.78, 5) is 8.16. The minimum Gasteiger partial charge on any atom is -0.481 e. The van der Waals surface area contributed by atoms with Crippen molar-refractivity contribution in [3.8, 4) is 35.0 Å². The monoisotopic (exact) mass is 276 g/mol. The van der Waals surface area contributed by atoms with Gasteiger partial charge in [-0.15, -0.1) is 0 Å². The Morgan fingerprint density at radius 3 is 2.35 bits per heavy atom. The van der Waals surface area contributed by atoms with E-state index in [4.69, 9.17) is 23.7 Å². The van der Waals surface area contributed by atoms with Gasteiger partial charge >= 0.3 is 6.01 Å². The van der Waals surface area contributed by atoms with Gasteiger partial charge in [-0.3, -0.25) is 0 Å². The van der Waals surface area contributed by atoms with Gasteiger partial charge in [0.1, 0.15) is 5.75 Å². The van der Waals surface area contributed by atoms with Crippen LogP contribution in [0.5, 0.6) is 35.0 Å². The number of rotatable bonds is 4. The highest BCUT2D eigenvalue weighted by molar-refractivity contribution is 5.47. The van der Waals surface area contributed by atoms with E-state index >= 15 is 0 Å². The van der Waals surface area contributed by atoms with Crippen LogP contribution in [0.15, 0.2) is 24.3 Å². The molecule has 1 aliphatic heterocycles. The van der Waals surface area contributed by atoms with Crippen molar-refractivity contribution in [2.75, 3.05) is 21.0 Å². The SMILES string of the molecule is COc1cc(OC)nc(Oc2ccc3c(c2)OCO3)n1. The summed E-state index contributed by atoms with van der Waals surface area (Å²) in [7, 11) is 3.01. The van der Waals surface area contributed by atoms with E-state index in [0.29, 0.717) is 29.0 Å². The average Bonchev–Trinajstić information content (AvgIpc) is 2.94. The Morgan fingerprint density at radius 1 is 0.950 bits per heavy atom. The van der Waals surface area contributed by atoms with Crippen LogP contribution in [0.25, 0.3) is 0 Å². The van der Waals surface area contributed by atoms with E-state index in [-0.39, 0.29) is 12.8 Å². The minimum absolute atomic E-state index is 0.125. The zero-order valence-corrected chi connectivity index (χ0v) is 11.0. The van der Waals surface area contributed by atoms with E-state index in [1.165, 1.54) is 14.2 Å². The second kappa shape index (κ2) is 5.12. The maximum Gasteiger partial charge on any atom is 0.328 e. The molecule has 0 aliphatic carbocycles. The van der Waals surface area contributed by atoms with Gasteiger partial charge in [0.25, 0.3) is 0 Å². The van der Waals surface area contributed by atoms with Crippen molar-refractivity contribution in [3.05, 3.63) is 24.3 Å². The Labute approximate surface area is 115 Å². The van der Waals surface area contributed by atoms with Crippen LogP contribution in [0, 0.1) is 0 Å². The molecule has 104 valence electrons. The minimum atomic E-state index is 0.125. The van der Waals surface area contributed by atoms with Crippen molar-refractivity contribution in [1.29, 1.82) is 0 Å². The molecule has 7 heteroatoms. The summed E-state index contributed by atoms with van der Waals surface area (Å²) in [6.07, 6.45) is 0. The van der Waals surface area contributed by atoms with Gasteiger partial charge in [0.2, 0.25) is 18.6 Å². The van der Waals surface area contributed by atoms with Crippen molar-refractivity contribution >= 4 is 0 Å². The molecule has 20 heavy (non-hydrogen) atoms. The van der Waals surface area contributed by atoms with Crippen LogP contribution >= 0.6 is 0 Å². The zero-order chi connectivity index (χ0) is 13.9. The molecule has 0 atom stereocenters. The molecule has 7 nitrogen and oxygen atoms in total. The lowest BCUT2D eigenvalue weighted by molar-refractivity contribution is 0.174. The first-order valence-electron chi connectivity index (χ1n) is 5.83. The number of nitrogens with zero attached hydrogens (tertiary/aromatic N) is 2. The third-order valence-corrected chi connectivity index (χ3v) is 2.63. The van der Waals surface area contributed by atoms with E-state index in [0.717, 1.165) is 0 Å².